The van der Waals surface area contributed by atoms with E-state index in [4.69, 9.17) is 20.9 Å². The molecular formula is C20H24N4O3. The molecule has 2 aliphatic rings. The monoisotopic (exact) mass is 368 g/mol. The number of aryl methyl sites for hydroxylation is 1. The topological polar surface area (TPSA) is 112 Å². The number of carbonyl (C=O) groups is 1. The molecule has 7 heteroatoms. The summed E-state index contributed by atoms with van der Waals surface area (Å²) in [7, 11) is 0. The number of aromatic nitrogens is 1. The number of hydrogen-bond acceptors (Lipinski definition) is 6. The van der Waals surface area contributed by atoms with Crippen LogP contribution in [-0.2, 0) is 10.2 Å². The van der Waals surface area contributed by atoms with Gasteiger partial charge >= 0.3 is 0 Å². The highest BCUT2D eigenvalue weighted by Crippen LogP contribution is 2.59. The van der Waals surface area contributed by atoms with Gasteiger partial charge in [-0.05, 0) is 51.3 Å². The molecule has 1 spiro atoms. The number of nitrogens with zero attached hydrogens (tertiary/aromatic N) is 1. The maximum absolute atomic E-state index is 12.0. The SMILES string of the molecule is Cc1ccc(Oc2ccc(NC(=O)C(C)(C)N)c(N)n2)c2c1OCC21CC1. The van der Waals surface area contributed by atoms with Crippen LogP contribution in [0.4, 0.5) is 11.5 Å². The summed E-state index contributed by atoms with van der Waals surface area (Å²) in [6, 6.07) is 7.28. The van der Waals surface area contributed by atoms with Crippen molar-refractivity contribution in [1.82, 2.24) is 4.98 Å². The first-order chi connectivity index (χ1) is 12.7. The molecule has 0 unspecified atom stereocenters. The van der Waals surface area contributed by atoms with Crippen molar-refractivity contribution in [3.8, 4) is 17.4 Å². The van der Waals surface area contributed by atoms with E-state index in [-0.39, 0.29) is 17.1 Å². The highest BCUT2D eigenvalue weighted by atomic mass is 16.5. The molecule has 2 heterocycles. The van der Waals surface area contributed by atoms with Gasteiger partial charge < -0.3 is 26.3 Å². The second-order valence-electron chi connectivity index (χ2n) is 8.01. The Bertz CT molecular complexity index is 930. The number of carbonyl (C=O) groups excluding carboxylic acids is 1. The predicted octanol–water partition coefficient (Wildman–Crippen LogP) is 2.86. The number of nitrogen functional groups attached to an aromatic ring is 1. The van der Waals surface area contributed by atoms with Gasteiger partial charge in [0.25, 0.3) is 0 Å². The van der Waals surface area contributed by atoms with Crippen molar-refractivity contribution in [2.24, 2.45) is 5.73 Å². The van der Waals surface area contributed by atoms with Crippen molar-refractivity contribution < 1.29 is 14.3 Å². The van der Waals surface area contributed by atoms with Crippen molar-refractivity contribution in [2.45, 2.75) is 44.6 Å². The van der Waals surface area contributed by atoms with Crippen molar-refractivity contribution in [1.29, 1.82) is 0 Å². The fourth-order valence-electron chi connectivity index (χ4n) is 3.28. The summed E-state index contributed by atoms with van der Waals surface area (Å²) in [5.74, 6) is 1.87. The highest BCUT2D eigenvalue weighted by molar-refractivity contribution is 5.99. The van der Waals surface area contributed by atoms with Crippen molar-refractivity contribution in [3.63, 3.8) is 0 Å². The first-order valence-electron chi connectivity index (χ1n) is 9.01. The molecule has 1 fully saturated rings. The number of nitrogens with one attached hydrogen (secondary N) is 1. The number of benzene rings is 1. The van der Waals surface area contributed by atoms with Gasteiger partial charge in [0.1, 0.15) is 11.5 Å². The number of pyridine rings is 1. The molecule has 0 saturated heterocycles. The summed E-state index contributed by atoms with van der Waals surface area (Å²) in [4.78, 5) is 16.3. The Morgan fingerprint density at radius 2 is 2.04 bits per heavy atom. The van der Waals surface area contributed by atoms with Crippen LogP contribution in [0, 0.1) is 6.92 Å². The van der Waals surface area contributed by atoms with Gasteiger partial charge in [-0.1, -0.05) is 6.07 Å². The Balaban J connectivity index is 1.59. The molecule has 2 aromatic rings. The van der Waals surface area contributed by atoms with Gasteiger partial charge in [0.2, 0.25) is 11.8 Å². The molecule has 4 rings (SSSR count). The van der Waals surface area contributed by atoms with E-state index in [0.29, 0.717) is 18.2 Å². The Kier molecular flexibility index (Phi) is 3.82. The molecule has 1 saturated carbocycles. The fraction of sp³-hybridized carbons (Fsp3) is 0.400. The first kappa shape index (κ1) is 17.6. The third-order valence-electron chi connectivity index (χ3n) is 5.14. The van der Waals surface area contributed by atoms with E-state index in [1.807, 2.05) is 19.1 Å². The molecule has 1 amide bonds. The molecule has 1 aromatic heterocycles. The van der Waals surface area contributed by atoms with Crippen LogP contribution in [0.3, 0.4) is 0 Å². The Morgan fingerprint density at radius 1 is 1.30 bits per heavy atom. The first-order valence-corrected chi connectivity index (χ1v) is 9.01. The average molecular weight is 368 g/mol. The molecule has 7 nitrogen and oxygen atoms in total. The molecular weight excluding hydrogens is 344 g/mol. The molecule has 1 aliphatic carbocycles. The fourth-order valence-corrected chi connectivity index (χ4v) is 3.28. The standard InChI is InChI=1S/C20H24N4O3/c1-11-4-6-13(15-16(11)26-10-20(15)8-9-20)27-14-7-5-12(17(21)24-14)23-18(25)19(2,3)22/h4-7H,8-10,22H2,1-3H3,(H2,21,24)(H,23,25). The van der Waals surface area contributed by atoms with E-state index < -0.39 is 5.54 Å². The molecule has 0 radical (unpaired) electrons. The third kappa shape index (κ3) is 3.08. The lowest BCUT2D eigenvalue weighted by Crippen LogP contribution is -2.45. The molecule has 0 bridgehead atoms. The lowest BCUT2D eigenvalue weighted by atomic mass is 9.95. The zero-order chi connectivity index (χ0) is 19.4. The summed E-state index contributed by atoms with van der Waals surface area (Å²) in [5, 5.41) is 2.69. The van der Waals surface area contributed by atoms with Gasteiger partial charge in [0.15, 0.2) is 5.82 Å². The van der Waals surface area contributed by atoms with Crippen molar-refractivity contribution in [2.75, 3.05) is 17.7 Å². The van der Waals surface area contributed by atoms with Gasteiger partial charge in [0, 0.05) is 17.0 Å². The van der Waals surface area contributed by atoms with E-state index in [2.05, 4.69) is 10.3 Å². The van der Waals surface area contributed by atoms with Gasteiger partial charge in [-0.3, -0.25) is 4.79 Å². The number of amides is 1. The molecule has 1 aromatic carbocycles. The number of rotatable bonds is 4. The Morgan fingerprint density at radius 3 is 2.67 bits per heavy atom. The van der Waals surface area contributed by atoms with Crippen LogP contribution in [0.25, 0.3) is 0 Å². The van der Waals surface area contributed by atoms with Crippen LogP contribution in [0.15, 0.2) is 24.3 Å². The lowest BCUT2D eigenvalue weighted by molar-refractivity contribution is -0.120. The third-order valence-corrected chi connectivity index (χ3v) is 5.14. The second kappa shape index (κ2) is 5.85. The summed E-state index contributed by atoms with van der Waals surface area (Å²) >= 11 is 0. The predicted molar refractivity (Wildman–Crippen MR) is 103 cm³/mol. The largest absolute Gasteiger partial charge is 0.492 e. The quantitative estimate of drug-likeness (QED) is 0.765. The normalized spacial score (nSPS) is 16.6. The summed E-state index contributed by atoms with van der Waals surface area (Å²) in [6.45, 7) is 5.99. The van der Waals surface area contributed by atoms with Gasteiger partial charge in [0.05, 0.1) is 17.8 Å². The zero-order valence-corrected chi connectivity index (χ0v) is 15.8. The van der Waals surface area contributed by atoms with Crippen LogP contribution in [0.5, 0.6) is 17.4 Å². The molecule has 1 aliphatic heterocycles. The second-order valence-corrected chi connectivity index (χ2v) is 8.01. The van der Waals surface area contributed by atoms with Crippen LogP contribution in [-0.4, -0.2) is 23.0 Å². The summed E-state index contributed by atoms with van der Waals surface area (Å²) in [5.41, 5.74) is 13.5. The van der Waals surface area contributed by atoms with Gasteiger partial charge in [-0.15, -0.1) is 0 Å². The Hall–Kier alpha value is -2.80. The minimum Gasteiger partial charge on any atom is -0.492 e. The van der Waals surface area contributed by atoms with Crippen LogP contribution < -0.4 is 26.3 Å². The number of hydrogen-bond donors (Lipinski definition) is 3. The maximum Gasteiger partial charge on any atom is 0.243 e. The van der Waals surface area contributed by atoms with Crippen molar-refractivity contribution >= 4 is 17.4 Å². The zero-order valence-electron chi connectivity index (χ0n) is 15.8. The highest BCUT2D eigenvalue weighted by Gasteiger charge is 2.53. The van der Waals surface area contributed by atoms with E-state index >= 15 is 0 Å². The maximum atomic E-state index is 12.0. The number of anilines is 2. The summed E-state index contributed by atoms with van der Waals surface area (Å²) < 4.78 is 12.0. The number of fused-ring (bicyclic) bond motifs is 2. The number of ether oxygens (including phenoxy) is 2. The molecule has 0 atom stereocenters. The van der Waals surface area contributed by atoms with E-state index in [1.54, 1.807) is 26.0 Å². The van der Waals surface area contributed by atoms with E-state index in [1.165, 1.54) is 0 Å². The molecule has 5 N–H and O–H groups in total. The van der Waals surface area contributed by atoms with Crippen molar-refractivity contribution in [3.05, 3.63) is 35.4 Å². The Labute approximate surface area is 158 Å². The minimum atomic E-state index is -1.01. The van der Waals surface area contributed by atoms with Gasteiger partial charge in [-0.25, -0.2) is 0 Å². The van der Waals surface area contributed by atoms with E-state index in [0.717, 1.165) is 35.5 Å². The average Bonchev–Trinajstić information content (AvgIpc) is 3.26. The lowest BCUT2D eigenvalue weighted by Gasteiger charge is -2.18. The number of nitrogens with two attached hydrogens (primary N) is 2. The smallest absolute Gasteiger partial charge is 0.243 e. The summed E-state index contributed by atoms with van der Waals surface area (Å²) in [6.07, 6.45) is 2.21. The van der Waals surface area contributed by atoms with Crippen LogP contribution in [0.2, 0.25) is 0 Å². The minimum absolute atomic E-state index is 0.0862. The van der Waals surface area contributed by atoms with Gasteiger partial charge in [-0.2, -0.15) is 4.98 Å². The molecule has 142 valence electrons. The van der Waals surface area contributed by atoms with Crippen LogP contribution in [0.1, 0.15) is 37.8 Å². The van der Waals surface area contributed by atoms with Crippen LogP contribution >= 0.6 is 0 Å². The molecule has 27 heavy (non-hydrogen) atoms. The van der Waals surface area contributed by atoms with E-state index in [9.17, 15) is 4.79 Å².